The van der Waals surface area contributed by atoms with Gasteiger partial charge >= 0.3 is 0 Å². The molecule has 0 spiro atoms. The number of ether oxygens (including phenoxy) is 1. The first-order chi connectivity index (χ1) is 7.18. The van der Waals surface area contributed by atoms with Crippen molar-refractivity contribution in [3.05, 3.63) is 18.0 Å². The second-order valence-electron chi connectivity index (χ2n) is 4.10. The molecule has 0 bridgehead atoms. The summed E-state index contributed by atoms with van der Waals surface area (Å²) < 4.78 is 7.28. The van der Waals surface area contributed by atoms with E-state index in [0.717, 1.165) is 18.7 Å². The highest BCUT2D eigenvalue weighted by Crippen LogP contribution is 2.42. The van der Waals surface area contributed by atoms with Gasteiger partial charge in [0.25, 0.3) is 0 Å². The van der Waals surface area contributed by atoms with Gasteiger partial charge in [0.2, 0.25) is 0 Å². The average molecular weight is 210 g/mol. The van der Waals surface area contributed by atoms with E-state index in [2.05, 4.69) is 5.10 Å². The van der Waals surface area contributed by atoms with E-state index < -0.39 is 5.60 Å². The number of aliphatic hydroxyl groups is 1. The molecule has 0 atom stereocenters. The minimum Gasteiger partial charge on any atom is -0.385 e. The van der Waals surface area contributed by atoms with Crippen LogP contribution in [0.1, 0.15) is 32.3 Å². The Bertz CT molecular complexity index is 329. The Hall–Kier alpha value is -0.870. The fourth-order valence-electron chi connectivity index (χ4n) is 2.06. The first kappa shape index (κ1) is 10.6. The van der Waals surface area contributed by atoms with Gasteiger partial charge in [0, 0.05) is 37.8 Å². The average Bonchev–Trinajstić information content (AvgIpc) is 2.64. The van der Waals surface area contributed by atoms with Gasteiger partial charge in [-0.15, -0.1) is 0 Å². The van der Waals surface area contributed by atoms with Crippen LogP contribution < -0.4 is 0 Å². The SMILES string of the molecule is CCOC1CC(O)(c2cnn(CC)c2)C1. The predicted molar refractivity (Wildman–Crippen MR) is 56.4 cm³/mol. The van der Waals surface area contributed by atoms with Crippen LogP contribution >= 0.6 is 0 Å². The van der Waals surface area contributed by atoms with Crippen LogP contribution in [0.25, 0.3) is 0 Å². The van der Waals surface area contributed by atoms with Gasteiger partial charge in [0.15, 0.2) is 0 Å². The third kappa shape index (κ3) is 1.92. The molecule has 15 heavy (non-hydrogen) atoms. The summed E-state index contributed by atoms with van der Waals surface area (Å²) in [6, 6.07) is 0. The van der Waals surface area contributed by atoms with Crippen LogP contribution in [0.15, 0.2) is 12.4 Å². The summed E-state index contributed by atoms with van der Waals surface area (Å²) in [5, 5.41) is 14.4. The second kappa shape index (κ2) is 3.94. The molecule has 0 unspecified atom stereocenters. The maximum absolute atomic E-state index is 10.3. The van der Waals surface area contributed by atoms with Gasteiger partial charge < -0.3 is 9.84 Å². The lowest BCUT2D eigenvalue weighted by Crippen LogP contribution is -2.45. The zero-order chi connectivity index (χ0) is 10.9. The lowest BCUT2D eigenvalue weighted by Gasteiger charge is -2.42. The third-order valence-corrected chi connectivity index (χ3v) is 3.03. The molecule has 1 fully saturated rings. The van der Waals surface area contributed by atoms with E-state index in [1.165, 1.54) is 0 Å². The van der Waals surface area contributed by atoms with E-state index >= 15 is 0 Å². The topological polar surface area (TPSA) is 47.3 Å². The van der Waals surface area contributed by atoms with Gasteiger partial charge in [-0.2, -0.15) is 5.10 Å². The molecule has 0 aromatic carbocycles. The van der Waals surface area contributed by atoms with E-state index in [1.807, 2.05) is 24.7 Å². The molecule has 4 nitrogen and oxygen atoms in total. The molecular formula is C11H18N2O2. The molecule has 1 aromatic rings. The van der Waals surface area contributed by atoms with Gasteiger partial charge in [-0.3, -0.25) is 4.68 Å². The van der Waals surface area contributed by atoms with Crippen LogP contribution in [-0.2, 0) is 16.9 Å². The van der Waals surface area contributed by atoms with Crippen molar-refractivity contribution in [3.8, 4) is 0 Å². The van der Waals surface area contributed by atoms with E-state index in [9.17, 15) is 5.11 Å². The second-order valence-corrected chi connectivity index (χ2v) is 4.10. The highest BCUT2D eigenvalue weighted by Gasteiger charge is 2.45. The van der Waals surface area contributed by atoms with Gasteiger partial charge in [-0.1, -0.05) is 0 Å². The lowest BCUT2D eigenvalue weighted by molar-refractivity contribution is -0.142. The van der Waals surface area contributed by atoms with Gasteiger partial charge in [0.1, 0.15) is 0 Å². The van der Waals surface area contributed by atoms with Crippen molar-refractivity contribution in [2.24, 2.45) is 0 Å². The van der Waals surface area contributed by atoms with Crippen molar-refractivity contribution in [1.29, 1.82) is 0 Å². The van der Waals surface area contributed by atoms with Crippen molar-refractivity contribution in [2.45, 2.75) is 44.9 Å². The minimum atomic E-state index is -0.701. The van der Waals surface area contributed by atoms with Crippen molar-refractivity contribution in [3.63, 3.8) is 0 Å². The summed E-state index contributed by atoms with van der Waals surface area (Å²) in [6.07, 6.45) is 5.27. The largest absolute Gasteiger partial charge is 0.385 e. The van der Waals surface area contributed by atoms with Crippen molar-refractivity contribution in [1.82, 2.24) is 9.78 Å². The van der Waals surface area contributed by atoms with E-state index in [0.29, 0.717) is 12.8 Å². The summed E-state index contributed by atoms with van der Waals surface area (Å²) in [7, 11) is 0. The number of aryl methyl sites for hydroxylation is 1. The number of hydrogen-bond acceptors (Lipinski definition) is 3. The molecule has 1 saturated carbocycles. The molecule has 0 saturated heterocycles. The summed E-state index contributed by atoms with van der Waals surface area (Å²) >= 11 is 0. The van der Waals surface area contributed by atoms with Crippen molar-refractivity contribution >= 4 is 0 Å². The van der Waals surface area contributed by atoms with Crippen LogP contribution in [0.4, 0.5) is 0 Å². The standard InChI is InChI=1S/C11H18N2O2/c1-3-13-8-9(7-12-13)11(14)5-10(6-11)15-4-2/h7-8,10,14H,3-6H2,1-2H3. The van der Waals surface area contributed by atoms with Gasteiger partial charge in [-0.05, 0) is 13.8 Å². The van der Waals surface area contributed by atoms with Crippen molar-refractivity contribution < 1.29 is 9.84 Å². The normalized spacial score (nSPS) is 30.2. The molecular weight excluding hydrogens is 192 g/mol. The Morgan fingerprint density at radius 1 is 1.60 bits per heavy atom. The van der Waals surface area contributed by atoms with Crippen LogP contribution in [0, 0.1) is 0 Å². The molecule has 1 heterocycles. The van der Waals surface area contributed by atoms with Crippen molar-refractivity contribution in [2.75, 3.05) is 6.61 Å². The van der Waals surface area contributed by atoms with Crippen LogP contribution in [0.2, 0.25) is 0 Å². The number of rotatable bonds is 4. The molecule has 1 N–H and O–H groups in total. The molecule has 0 radical (unpaired) electrons. The van der Waals surface area contributed by atoms with Crippen LogP contribution in [-0.4, -0.2) is 27.6 Å². The highest BCUT2D eigenvalue weighted by molar-refractivity contribution is 5.20. The smallest absolute Gasteiger partial charge is 0.0976 e. The quantitative estimate of drug-likeness (QED) is 0.814. The van der Waals surface area contributed by atoms with Crippen LogP contribution in [0.5, 0.6) is 0 Å². The zero-order valence-electron chi connectivity index (χ0n) is 9.31. The van der Waals surface area contributed by atoms with E-state index in [1.54, 1.807) is 6.20 Å². The highest BCUT2D eigenvalue weighted by atomic mass is 16.5. The Balaban J connectivity index is 2.00. The summed E-state index contributed by atoms with van der Waals surface area (Å²) in [4.78, 5) is 0. The monoisotopic (exact) mass is 210 g/mol. The maximum atomic E-state index is 10.3. The first-order valence-electron chi connectivity index (χ1n) is 5.55. The number of hydrogen-bond donors (Lipinski definition) is 1. The Kier molecular flexibility index (Phi) is 2.80. The molecule has 84 valence electrons. The predicted octanol–water partition coefficient (Wildman–Crippen LogP) is 1.29. The van der Waals surface area contributed by atoms with Gasteiger partial charge in [-0.25, -0.2) is 0 Å². The van der Waals surface area contributed by atoms with E-state index in [-0.39, 0.29) is 6.10 Å². The summed E-state index contributed by atoms with van der Waals surface area (Å²) in [6.45, 7) is 5.57. The zero-order valence-corrected chi connectivity index (χ0v) is 9.31. The fraction of sp³-hybridized carbons (Fsp3) is 0.727. The third-order valence-electron chi connectivity index (χ3n) is 3.03. The Morgan fingerprint density at radius 3 is 2.87 bits per heavy atom. The number of nitrogens with zero attached hydrogens (tertiary/aromatic N) is 2. The summed E-state index contributed by atoms with van der Waals surface area (Å²) in [5.74, 6) is 0. The molecule has 4 heteroatoms. The molecule has 1 aliphatic carbocycles. The minimum absolute atomic E-state index is 0.213. The summed E-state index contributed by atoms with van der Waals surface area (Å²) in [5.41, 5.74) is 0.216. The van der Waals surface area contributed by atoms with Gasteiger partial charge in [0.05, 0.1) is 17.9 Å². The first-order valence-corrected chi connectivity index (χ1v) is 5.55. The molecule has 0 aliphatic heterocycles. The van der Waals surface area contributed by atoms with E-state index in [4.69, 9.17) is 4.74 Å². The van der Waals surface area contributed by atoms with Crippen LogP contribution in [0.3, 0.4) is 0 Å². The fourth-order valence-corrected chi connectivity index (χ4v) is 2.06. The molecule has 1 aliphatic rings. The molecule has 0 amide bonds. The Morgan fingerprint density at radius 2 is 2.33 bits per heavy atom. The number of aromatic nitrogens is 2. The lowest BCUT2D eigenvalue weighted by atomic mass is 9.74. The Labute approximate surface area is 89.9 Å². The molecule has 2 rings (SSSR count). The maximum Gasteiger partial charge on any atom is 0.0976 e. The molecule has 1 aromatic heterocycles.